The lowest BCUT2D eigenvalue weighted by molar-refractivity contribution is -0.140. The van der Waals surface area contributed by atoms with Gasteiger partial charge in [-0.05, 0) is 55.9 Å². The largest absolute Gasteiger partial charge is 0.469 e. The van der Waals surface area contributed by atoms with Gasteiger partial charge in [0.25, 0.3) is 0 Å². The van der Waals surface area contributed by atoms with Crippen LogP contribution in [0, 0.1) is 5.92 Å². The zero-order valence-corrected chi connectivity index (χ0v) is 11.8. The minimum absolute atomic E-state index is 0.0713. The second kappa shape index (κ2) is 7.32. The maximum atomic E-state index is 11.1. The molecule has 0 bridgehead atoms. The first-order chi connectivity index (χ1) is 9.29. The topological polar surface area (TPSA) is 26.3 Å². The molecule has 0 aromatic heterocycles. The van der Waals surface area contributed by atoms with Gasteiger partial charge in [0.15, 0.2) is 0 Å². The molecule has 0 radical (unpaired) electrons. The zero-order chi connectivity index (χ0) is 13.5. The maximum Gasteiger partial charge on any atom is 0.305 e. The molecule has 0 amide bonds. The number of hydrogen-bond donors (Lipinski definition) is 0. The minimum atomic E-state index is -0.0713. The highest BCUT2D eigenvalue weighted by Crippen LogP contribution is 2.37. The Balaban J connectivity index is 1.69. The van der Waals surface area contributed by atoms with Gasteiger partial charge in [-0.3, -0.25) is 4.79 Å². The summed E-state index contributed by atoms with van der Waals surface area (Å²) in [6, 6.07) is 10.9. The van der Waals surface area contributed by atoms with Gasteiger partial charge in [-0.2, -0.15) is 0 Å². The molecule has 1 aliphatic carbocycles. The first-order valence-electron chi connectivity index (χ1n) is 7.41. The maximum absolute atomic E-state index is 11.1. The first-order valence-corrected chi connectivity index (χ1v) is 7.41. The van der Waals surface area contributed by atoms with Crippen molar-refractivity contribution < 1.29 is 9.53 Å². The van der Waals surface area contributed by atoms with Gasteiger partial charge >= 0.3 is 5.97 Å². The Morgan fingerprint density at radius 1 is 1.16 bits per heavy atom. The molecule has 104 valence electrons. The lowest BCUT2D eigenvalue weighted by Crippen LogP contribution is -2.13. The van der Waals surface area contributed by atoms with E-state index < -0.39 is 0 Å². The van der Waals surface area contributed by atoms with Crippen LogP contribution in [-0.4, -0.2) is 13.1 Å². The van der Waals surface area contributed by atoms with E-state index in [-0.39, 0.29) is 5.97 Å². The molecule has 1 aromatic carbocycles. The van der Waals surface area contributed by atoms with Crippen molar-refractivity contribution in [3.63, 3.8) is 0 Å². The molecule has 0 aliphatic heterocycles. The molecule has 0 heterocycles. The van der Waals surface area contributed by atoms with Crippen LogP contribution in [0.3, 0.4) is 0 Å². The van der Waals surface area contributed by atoms with Crippen molar-refractivity contribution in [1.82, 2.24) is 0 Å². The number of hydrogen-bond acceptors (Lipinski definition) is 2. The molecule has 2 heteroatoms. The average Bonchev–Trinajstić information content (AvgIpc) is 2.48. The number of methoxy groups -OCH3 is 1. The fourth-order valence-corrected chi connectivity index (χ4v) is 3.15. The van der Waals surface area contributed by atoms with Crippen LogP contribution in [0.4, 0.5) is 0 Å². The molecule has 0 unspecified atom stereocenters. The second-order valence-corrected chi connectivity index (χ2v) is 5.60. The van der Waals surface area contributed by atoms with E-state index in [2.05, 4.69) is 35.1 Å². The third kappa shape index (κ3) is 4.38. The Morgan fingerprint density at radius 3 is 2.47 bits per heavy atom. The fourth-order valence-electron chi connectivity index (χ4n) is 3.15. The minimum Gasteiger partial charge on any atom is -0.469 e. The van der Waals surface area contributed by atoms with E-state index in [4.69, 9.17) is 0 Å². The average molecular weight is 260 g/mol. The Hall–Kier alpha value is -1.31. The van der Waals surface area contributed by atoms with Gasteiger partial charge in [0.1, 0.15) is 0 Å². The second-order valence-electron chi connectivity index (χ2n) is 5.60. The zero-order valence-electron chi connectivity index (χ0n) is 11.8. The Labute approximate surface area is 116 Å². The van der Waals surface area contributed by atoms with Crippen molar-refractivity contribution in [2.45, 2.75) is 50.9 Å². The third-order valence-corrected chi connectivity index (χ3v) is 4.34. The molecule has 1 saturated carbocycles. The SMILES string of the molecule is COC(=O)CCCC1CCC(c2ccccc2)CC1. The number of benzene rings is 1. The molecule has 0 atom stereocenters. The van der Waals surface area contributed by atoms with Crippen molar-refractivity contribution in [2.75, 3.05) is 7.11 Å². The standard InChI is InChI=1S/C17H24O2/c1-19-17(18)9-5-6-14-10-12-16(13-11-14)15-7-3-2-4-8-15/h2-4,7-8,14,16H,5-6,9-13H2,1H3. The van der Waals surface area contributed by atoms with Crippen LogP contribution in [0.2, 0.25) is 0 Å². The Kier molecular flexibility index (Phi) is 5.44. The monoisotopic (exact) mass is 260 g/mol. The number of rotatable bonds is 5. The summed E-state index contributed by atoms with van der Waals surface area (Å²) in [5, 5.41) is 0. The smallest absolute Gasteiger partial charge is 0.305 e. The molecule has 0 N–H and O–H groups in total. The predicted octanol–water partition coefficient (Wildman–Crippen LogP) is 4.30. The van der Waals surface area contributed by atoms with E-state index in [1.165, 1.54) is 44.8 Å². The van der Waals surface area contributed by atoms with Crippen LogP contribution in [0.1, 0.15) is 56.4 Å². The predicted molar refractivity (Wildman–Crippen MR) is 77.0 cm³/mol. The highest BCUT2D eigenvalue weighted by Gasteiger charge is 2.22. The van der Waals surface area contributed by atoms with E-state index in [9.17, 15) is 4.79 Å². The van der Waals surface area contributed by atoms with Crippen molar-refractivity contribution in [2.24, 2.45) is 5.92 Å². The molecule has 0 spiro atoms. The van der Waals surface area contributed by atoms with Gasteiger partial charge in [0.05, 0.1) is 7.11 Å². The Morgan fingerprint density at radius 2 is 1.84 bits per heavy atom. The van der Waals surface area contributed by atoms with Gasteiger partial charge in [0.2, 0.25) is 0 Å². The highest BCUT2D eigenvalue weighted by molar-refractivity contribution is 5.68. The number of esters is 1. The van der Waals surface area contributed by atoms with Crippen LogP contribution >= 0.6 is 0 Å². The van der Waals surface area contributed by atoms with Crippen LogP contribution in [0.25, 0.3) is 0 Å². The number of ether oxygens (including phenoxy) is 1. The van der Waals surface area contributed by atoms with Gasteiger partial charge in [-0.15, -0.1) is 0 Å². The molecule has 1 fully saturated rings. The van der Waals surface area contributed by atoms with Crippen molar-refractivity contribution >= 4 is 5.97 Å². The molecule has 2 rings (SSSR count). The third-order valence-electron chi connectivity index (χ3n) is 4.34. The summed E-state index contributed by atoms with van der Waals surface area (Å²) in [5.74, 6) is 1.49. The Bertz CT molecular complexity index is 378. The summed E-state index contributed by atoms with van der Waals surface area (Å²) >= 11 is 0. The van der Waals surface area contributed by atoms with Gasteiger partial charge in [-0.25, -0.2) is 0 Å². The lowest BCUT2D eigenvalue weighted by atomic mass is 9.77. The fraction of sp³-hybridized carbons (Fsp3) is 0.588. The van der Waals surface area contributed by atoms with Crippen molar-refractivity contribution in [1.29, 1.82) is 0 Å². The highest BCUT2D eigenvalue weighted by atomic mass is 16.5. The van der Waals surface area contributed by atoms with Gasteiger partial charge < -0.3 is 4.74 Å². The van der Waals surface area contributed by atoms with Crippen molar-refractivity contribution in [3.05, 3.63) is 35.9 Å². The first kappa shape index (κ1) is 14.1. The summed E-state index contributed by atoms with van der Waals surface area (Å²) < 4.78 is 4.68. The van der Waals surface area contributed by atoms with Crippen LogP contribution in [0.5, 0.6) is 0 Å². The summed E-state index contributed by atoms with van der Waals surface area (Å²) in [6.07, 6.45) is 7.94. The molecule has 0 saturated heterocycles. The van der Waals surface area contributed by atoms with E-state index in [1.54, 1.807) is 0 Å². The van der Waals surface area contributed by atoms with Gasteiger partial charge in [0, 0.05) is 6.42 Å². The van der Waals surface area contributed by atoms with E-state index >= 15 is 0 Å². The van der Waals surface area contributed by atoms with E-state index in [0.29, 0.717) is 6.42 Å². The van der Waals surface area contributed by atoms with E-state index in [1.807, 2.05) is 0 Å². The molecular weight excluding hydrogens is 236 g/mol. The van der Waals surface area contributed by atoms with Crippen molar-refractivity contribution in [3.8, 4) is 0 Å². The molecule has 2 nitrogen and oxygen atoms in total. The number of carbonyl (C=O) groups is 1. The summed E-state index contributed by atoms with van der Waals surface area (Å²) in [5.41, 5.74) is 1.50. The molecule has 19 heavy (non-hydrogen) atoms. The van der Waals surface area contributed by atoms with Gasteiger partial charge in [-0.1, -0.05) is 30.3 Å². The summed E-state index contributed by atoms with van der Waals surface area (Å²) in [4.78, 5) is 11.1. The number of carbonyl (C=O) groups excluding carboxylic acids is 1. The van der Waals surface area contributed by atoms with E-state index in [0.717, 1.165) is 18.3 Å². The molecule has 1 aliphatic rings. The quantitative estimate of drug-likeness (QED) is 0.738. The summed E-state index contributed by atoms with van der Waals surface area (Å²) in [7, 11) is 1.47. The molecular formula is C17H24O2. The van der Waals surface area contributed by atoms with Crippen LogP contribution in [-0.2, 0) is 9.53 Å². The molecule has 1 aromatic rings. The normalized spacial score (nSPS) is 23.0. The lowest BCUT2D eigenvalue weighted by Gasteiger charge is -2.28. The summed E-state index contributed by atoms with van der Waals surface area (Å²) in [6.45, 7) is 0. The van der Waals surface area contributed by atoms with Crippen LogP contribution < -0.4 is 0 Å². The van der Waals surface area contributed by atoms with Crippen LogP contribution in [0.15, 0.2) is 30.3 Å².